The third-order valence-corrected chi connectivity index (χ3v) is 7.43. The van der Waals surface area contributed by atoms with Crippen molar-refractivity contribution in [2.75, 3.05) is 58.3 Å². The van der Waals surface area contributed by atoms with Gasteiger partial charge in [0.1, 0.15) is 0 Å². The number of carbonyl (C=O) groups is 1. The molecule has 0 aromatic rings. The maximum absolute atomic E-state index is 12.5. The Morgan fingerprint density at radius 1 is 1.16 bits per heavy atom. The van der Waals surface area contributed by atoms with Gasteiger partial charge >= 0.3 is 0 Å². The minimum Gasteiger partial charge on any atom is -0.341 e. The van der Waals surface area contributed by atoms with Gasteiger partial charge in [-0.05, 0) is 58.3 Å². The first-order chi connectivity index (χ1) is 11.8. The number of nitrogens with zero attached hydrogens (tertiary/aromatic N) is 3. The number of carbonyl (C=O) groups excluding carboxylic acids is 1. The Balaban J connectivity index is 1.70. The molecule has 2 fully saturated rings. The molecule has 2 aliphatic rings. The van der Waals surface area contributed by atoms with E-state index in [0.717, 1.165) is 38.4 Å². The quantitative estimate of drug-likeness (QED) is 0.637. The molecule has 1 unspecified atom stereocenters. The summed E-state index contributed by atoms with van der Waals surface area (Å²) in [6.07, 6.45) is 5.36. The van der Waals surface area contributed by atoms with Crippen LogP contribution in [-0.4, -0.2) is 93.4 Å². The highest BCUT2D eigenvalue weighted by Gasteiger charge is 2.33. The van der Waals surface area contributed by atoms with Crippen molar-refractivity contribution in [1.82, 2.24) is 14.7 Å². The van der Waals surface area contributed by atoms with Crippen LogP contribution in [0.4, 0.5) is 0 Å². The fraction of sp³-hybridized carbons (Fsp3) is 0.944. The molecule has 1 atom stereocenters. The lowest BCUT2D eigenvalue weighted by atomic mass is 9.96. The lowest BCUT2D eigenvalue weighted by molar-refractivity contribution is -0.133. The molecule has 0 aromatic heterocycles. The molecule has 0 saturated carbocycles. The summed E-state index contributed by atoms with van der Waals surface area (Å²) < 4.78 is 23.2. The zero-order valence-corrected chi connectivity index (χ0v) is 16.9. The van der Waals surface area contributed by atoms with Crippen molar-refractivity contribution >= 4 is 15.7 Å². The molecule has 0 N–H and O–H groups in total. The first-order valence-corrected chi connectivity index (χ1v) is 11.5. The van der Waals surface area contributed by atoms with Crippen molar-refractivity contribution in [3.05, 3.63) is 0 Å². The van der Waals surface area contributed by atoms with Gasteiger partial charge in [0.2, 0.25) is 5.91 Å². The fourth-order valence-corrected chi connectivity index (χ4v) is 5.65. The van der Waals surface area contributed by atoms with Crippen LogP contribution in [0.15, 0.2) is 0 Å². The predicted molar refractivity (Wildman–Crippen MR) is 101 cm³/mol. The summed E-state index contributed by atoms with van der Waals surface area (Å²) in [5.41, 5.74) is 0. The van der Waals surface area contributed by atoms with Gasteiger partial charge in [-0.3, -0.25) is 9.69 Å². The second kappa shape index (κ2) is 9.33. The highest BCUT2D eigenvalue weighted by molar-refractivity contribution is 7.91. The molecule has 1 amide bonds. The minimum absolute atomic E-state index is 0.0561. The van der Waals surface area contributed by atoms with E-state index in [9.17, 15) is 13.2 Å². The average molecular weight is 374 g/mol. The number of hydrogen-bond acceptors (Lipinski definition) is 5. The molecule has 7 heteroatoms. The molecule has 0 bridgehead atoms. The maximum Gasteiger partial charge on any atom is 0.236 e. The van der Waals surface area contributed by atoms with E-state index in [1.165, 1.54) is 19.4 Å². The largest absolute Gasteiger partial charge is 0.341 e. The molecule has 6 nitrogen and oxygen atoms in total. The van der Waals surface area contributed by atoms with Gasteiger partial charge in [0.15, 0.2) is 9.84 Å². The first-order valence-electron chi connectivity index (χ1n) is 9.67. The first kappa shape index (κ1) is 20.6. The van der Waals surface area contributed by atoms with Gasteiger partial charge in [0.25, 0.3) is 0 Å². The Kier molecular flexibility index (Phi) is 7.70. The maximum atomic E-state index is 12.5. The Hall–Kier alpha value is -0.660. The number of unbranched alkanes of at least 4 members (excludes halogenated alkanes) is 1. The number of likely N-dealkylation sites (tertiary alicyclic amines) is 1. The zero-order valence-electron chi connectivity index (χ0n) is 16.1. The lowest BCUT2D eigenvalue weighted by Crippen LogP contribution is -2.46. The van der Waals surface area contributed by atoms with Crippen molar-refractivity contribution in [2.45, 2.75) is 45.1 Å². The lowest BCUT2D eigenvalue weighted by Gasteiger charge is -2.35. The van der Waals surface area contributed by atoms with Crippen LogP contribution in [0.2, 0.25) is 0 Å². The number of rotatable bonds is 8. The predicted octanol–water partition coefficient (Wildman–Crippen LogP) is 1.08. The zero-order chi connectivity index (χ0) is 18.4. The van der Waals surface area contributed by atoms with E-state index in [0.29, 0.717) is 13.0 Å². The van der Waals surface area contributed by atoms with Gasteiger partial charge in [-0.2, -0.15) is 0 Å². The van der Waals surface area contributed by atoms with Crippen LogP contribution in [0.5, 0.6) is 0 Å². The highest BCUT2D eigenvalue weighted by Crippen LogP contribution is 2.20. The van der Waals surface area contributed by atoms with Gasteiger partial charge in [0.05, 0.1) is 18.1 Å². The van der Waals surface area contributed by atoms with Gasteiger partial charge in [0, 0.05) is 19.6 Å². The van der Waals surface area contributed by atoms with Crippen LogP contribution in [-0.2, 0) is 14.6 Å². The fourth-order valence-electron chi connectivity index (χ4n) is 3.87. The second-order valence-corrected chi connectivity index (χ2v) is 10.1. The summed E-state index contributed by atoms with van der Waals surface area (Å²) in [6.45, 7) is 6.91. The number of sulfone groups is 1. The van der Waals surface area contributed by atoms with Crippen LogP contribution in [0.1, 0.15) is 39.0 Å². The molecule has 0 radical (unpaired) electrons. The Bertz CT molecular complexity index is 530. The monoisotopic (exact) mass is 373 g/mol. The summed E-state index contributed by atoms with van der Waals surface area (Å²) in [6, 6.07) is -0.137. The summed E-state index contributed by atoms with van der Waals surface area (Å²) in [5, 5.41) is 0. The summed E-state index contributed by atoms with van der Waals surface area (Å²) >= 11 is 0. The summed E-state index contributed by atoms with van der Waals surface area (Å²) in [4.78, 5) is 18.8. The average Bonchev–Trinajstić information content (AvgIpc) is 2.94. The Morgan fingerprint density at radius 3 is 2.40 bits per heavy atom. The van der Waals surface area contributed by atoms with Gasteiger partial charge in [-0.1, -0.05) is 13.3 Å². The summed E-state index contributed by atoms with van der Waals surface area (Å²) in [7, 11) is 1.01. The molecule has 2 aliphatic heterocycles. The topological polar surface area (TPSA) is 60.9 Å². The Morgan fingerprint density at radius 2 is 1.84 bits per heavy atom. The van der Waals surface area contributed by atoms with Crippen LogP contribution < -0.4 is 0 Å². The number of hydrogen-bond donors (Lipinski definition) is 0. The third kappa shape index (κ3) is 6.53. The van der Waals surface area contributed by atoms with Crippen molar-refractivity contribution in [1.29, 1.82) is 0 Å². The van der Waals surface area contributed by atoms with E-state index >= 15 is 0 Å². The highest BCUT2D eigenvalue weighted by atomic mass is 32.2. The third-order valence-electron chi connectivity index (χ3n) is 5.68. The molecular formula is C18H35N3O3S. The van der Waals surface area contributed by atoms with E-state index in [1.54, 1.807) is 11.9 Å². The van der Waals surface area contributed by atoms with E-state index in [4.69, 9.17) is 0 Å². The normalized spacial score (nSPS) is 24.7. The SMILES string of the molecule is CCCCN(C)CC1CCN(CC(=O)N(C)C2CCS(=O)(=O)C2)CC1. The number of likely N-dealkylation sites (N-methyl/N-ethyl adjacent to an activating group) is 1. The van der Waals surface area contributed by atoms with Crippen LogP contribution in [0.3, 0.4) is 0 Å². The molecule has 0 aliphatic carbocycles. The molecule has 2 heterocycles. The smallest absolute Gasteiger partial charge is 0.236 e. The van der Waals surface area contributed by atoms with E-state index in [1.807, 2.05) is 0 Å². The van der Waals surface area contributed by atoms with E-state index in [-0.39, 0.29) is 23.5 Å². The van der Waals surface area contributed by atoms with Crippen molar-refractivity contribution < 1.29 is 13.2 Å². The molecule has 2 saturated heterocycles. The van der Waals surface area contributed by atoms with E-state index in [2.05, 4.69) is 23.8 Å². The van der Waals surface area contributed by atoms with Crippen LogP contribution in [0.25, 0.3) is 0 Å². The van der Waals surface area contributed by atoms with Crippen LogP contribution in [0, 0.1) is 5.92 Å². The molecular weight excluding hydrogens is 338 g/mol. The van der Waals surface area contributed by atoms with Gasteiger partial charge in [-0.15, -0.1) is 0 Å². The van der Waals surface area contributed by atoms with E-state index < -0.39 is 9.84 Å². The summed E-state index contributed by atoms with van der Waals surface area (Å²) in [5.74, 6) is 1.12. The molecule has 0 spiro atoms. The minimum atomic E-state index is -2.94. The van der Waals surface area contributed by atoms with Crippen molar-refractivity contribution in [2.24, 2.45) is 5.92 Å². The molecule has 0 aromatic carbocycles. The van der Waals surface area contributed by atoms with Gasteiger partial charge < -0.3 is 9.80 Å². The molecule has 146 valence electrons. The Labute approximate surface area is 153 Å². The number of amides is 1. The molecule has 2 rings (SSSR count). The van der Waals surface area contributed by atoms with Crippen molar-refractivity contribution in [3.8, 4) is 0 Å². The van der Waals surface area contributed by atoms with Gasteiger partial charge in [-0.25, -0.2) is 8.42 Å². The van der Waals surface area contributed by atoms with Crippen molar-refractivity contribution in [3.63, 3.8) is 0 Å². The standard InChI is InChI=1S/C18H35N3O3S/c1-4-5-9-19(2)13-16-6-10-21(11-7-16)14-18(22)20(3)17-8-12-25(23,24)15-17/h16-17H,4-15H2,1-3H3. The molecule has 25 heavy (non-hydrogen) atoms. The van der Waals surface area contributed by atoms with Crippen LogP contribution >= 0.6 is 0 Å². The second-order valence-electron chi connectivity index (χ2n) is 7.90. The number of piperidine rings is 1.